The van der Waals surface area contributed by atoms with Gasteiger partial charge in [-0.05, 0) is 54.1 Å². The van der Waals surface area contributed by atoms with Crippen LogP contribution in [0, 0.1) is 0 Å². The lowest BCUT2D eigenvalue weighted by Crippen LogP contribution is -2.27. The fourth-order valence-electron chi connectivity index (χ4n) is 3.41. The first-order valence-electron chi connectivity index (χ1n) is 9.82. The zero-order valence-corrected chi connectivity index (χ0v) is 20.1. The molecule has 0 atom stereocenters. The van der Waals surface area contributed by atoms with Crippen LogP contribution in [0.2, 0.25) is 10.0 Å². The monoisotopic (exact) mass is 515 g/mol. The third kappa shape index (κ3) is 4.68. The molecule has 1 saturated heterocycles. The number of thiocarbonyl (C=S) groups is 1. The fourth-order valence-corrected chi connectivity index (χ4v) is 5.09. The molecule has 1 amide bonds. The Labute approximate surface area is 209 Å². The summed E-state index contributed by atoms with van der Waals surface area (Å²) in [6, 6.07) is 18.0. The zero-order valence-electron chi connectivity index (χ0n) is 16.9. The predicted molar refractivity (Wildman–Crippen MR) is 135 cm³/mol. The SMILES string of the molecule is O=C1/C(=C\c2cc(Cl)ccc2OCc2cccc(Cl)c2)SC(=S)N1c1ccc2c(c1)OCO2. The number of amides is 1. The number of hydrogen-bond acceptors (Lipinski definition) is 6. The highest BCUT2D eigenvalue weighted by molar-refractivity contribution is 8.27. The third-order valence-corrected chi connectivity index (χ3v) is 6.72. The Balaban J connectivity index is 1.41. The highest BCUT2D eigenvalue weighted by Gasteiger charge is 2.34. The summed E-state index contributed by atoms with van der Waals surface area (Å²) in [6.45, 7) is 0.477. The van der Waals surface area contributed by atoms with Crippen molar-refractivity contribution in [3.63, 3.8) is 0 Å². The minimum atomic E-state index is -0.232. The molecule has 166 valence electrons. The van der Waals surface area contributed by atoms with Crippen LogP contribution in [0.5, 0.6) is 17.2 Å². The number of nitrogens with zero attached hydrogens (tertiary/aromatic N) is 1. The van der Waals surface area contributed by atoms with E-state index in [1.54, 1.807) is 48.5 Å². The Morgan fingerprint density at radius 2 is 1.85 bits per heavy atom. The van der Waals surface area contributed by atoms with Crippen molar-refractivity contribution in [2.45, 2.75) is 6.61 Å². The quantitative estimate of drug-likeness (QED) is 0.278. The minimum absolute atomic E-state index is 0.157. The van der Waals surface area contributed by atoms with Crippen molar-refractivity contribution in [2.24, 2.45) is 0 Å². The lowest BCUT2D eigenvalue weighted by atomic mass is 10.1. The predicted octanol–water partition coefficient (Wildman–Crippen LogP) is 6.71. The number of rotatable bonds is 5. The van der Waals surface area contributed by atoms with E-state index in [4.69, 9.17) is 49.6 Å². The number of fused-ring (bicyclic) bond motifs is 1. The smallest absolute Gasteiger partial charge is 0.270 e. The molecule has 3 aromatic rings. The van der Waals surface area contributed by atoms with Crippen LogP contribution in [0.4, 0.5) is 5.69 Å². The molecule has 3 aromatic carbocycles. The number of carbonyl (C=O) groups excluding carboxylic acids is 1. The summed E-state index contributed by atoms with van der Waals surface area (Å²) in [5, 5.41) is 1.17. The van der Waals surface area contributed by atoms with Gasteiger partial charge in [-0.2, -0.15) is 0 Å². The zero-order chi connectivity index (χ0) is 22.9. The van der Waals surface area contributed by atoms with Gasteiger partial charge in [0.05, 0.1) is 10.6 Å². The van der Waals surface area contributed by atoms with Crippen molar-refractivity contribution in [1.29, 1.82) is 0 Å². The van der Waals surface area contributed by atoms with Gasteiger partial charge < -0.3 is 14.2 Å². The van der Waals surface area contributed by atoms with E-state index >= 15 is 0 Å². The third-order valence-electron chi connectivity index (χ3n) is 4.95. The van der Waals surface area contributed by atoms with E-state index in [0.717, 1.165) is 5.56 Å². The summed E-state index contributed by atoms with van der Waals surface area (Å²) < 4.78 is 17.2. The summed E-state index contributed by atoms with van der Waals surface area (Å²) >= 11 is 19.0. The van der Waals surface area contributed by atoms with Gasteiger partial charge in [0.2, 0.25) is 6.79 Å². The van der Waals surface area contributed by atoms with Gasteiger partial charge in [0.25, 0.3) is 5.91 Å². The lowest BCUT2D eigenvalue weighted by Gasteiger charge is -2.15. The van der Waals surface area contributed by atoms with Gasteiger partial charge in [-0.15, -0.1) is 0 Å². The van der Waals surface area contributed by atoms with Crippen molar-refractivity contribution in [3.8, 4) is 17.2 Å². The Kier molecular flexibility index (Phi) is 6.21. The van der Waals surface area contributed by atoms with E-state index in [1.165, 1.54) is 16.7 Å². The first-order valence-corrected chi connectivity index (χ1v) is 11.8. The van der Waals surface area contributed by atoms with Crippen LogP contribution in [0.3, 0.4) is 0 Å². The van der Waals surface area contributed by atoms with Gasteiger partial charge >= 0.3 is 0 Å². The van der Waals surface area contributed by atoms with E-state index in [2.05, 4.69) is 0 Å². The number of carbonyl (C=O) groups is 1. The second kappa shape index (κ2) is 9.27. The van der Waals surface area contributed by atoms with Gasteiger partial charge in [0.15, 0.2) is 15.8 Å². The summed E-state index contributed by atoms with van der Waals surface area (Å²) in [5.74, 6) is 1.58. The van der Waals surface area contributed by atoms with E-state index in [1.807, 2.05) is 18.2 Å². The number of halogens is 2. The Morgan fingerprint density at radius 3 is 2.70 bits per heavy atom. The topological polar surface area (TPSA) is 48.0 Å². The molecule has 0 unspecified atom stereocenters. The largest absolute Gasteiger partial charge is 0.488 e. The van der Waals surface area contributed by atoms with Crippen molar-refractivity contribution in [2.75, 3.05) is 11.7 Å². The summed E-state index contributed by atoms with van der Waals surface area (Å²) in [5.41, 5.74) is 2.22. The Morgan fingerprint density at radius 1 is 1.03 bits per heavy atom. The normalized spacial score (nSPS) is 16.1. The van der Waals surface area contributed by atoms with E-state index in [9.17, 15) is 4.79 Å². The van der Waals surface area contributed by atoms with Gasteiger partial charge in [0.1, 0.15) is 12.4 Å². The molecular formula is C24H15Cl2NO4S2. The first kappa shape index (κ1) is 22.1. The maximum Gasteiger partial charge on any atom is 0.270 e. The molecule has 0 bridgehead atoms. The number of hydrogen-bond donors (Lipinski definition) is 0. The highest BCUT2D eigenvalue weighted by Crippen LogP contribution is 2.41. The Bertz CT molecular complexity index is 1310. The second-order valence-corrected chi connectivity index (χ2v) is 9.70. The van der Waals surface area contributed by atoms with Gasteiger partial charge in [0, 0.05) is 21.7 Å². The maximum atomic E-state index is 13.2. The molecule has 2 aliphatic rings. The number of anilines is 1. The Hall–Kier alpha value is -2.71. The van der Waals surface area contributed by atoms with Crippen LogP contribution in [-0.4, -0.2) is 17.0 Å². The van der Waals surface area contributed by atoms with E-state index in [0.29, 0.717) is 54.4 Å². The average molecular weight is 516 g/mol. The van der Waals surface area contributed by atoms with Gasteiger partial charge in [-0.1, -0.05) is 59.3 Å². The second-order valence-electron chi connectivity index (χ2n) is 7.16. The lowest BCUT2D eigenvalue weighted by molar-refractivity contribution is -0.113. The van der Waals surface area contributed by atoms with Crippen LogP contribution in [0.25, 0.3) is 6.08 Å². The van der Waals surface area contributed by atoms with E-state index in [-0.39, 0.29) is 12.7 Å². The molecule has 9 heteroatoms. The molecule has 33 heavy (non-hydrogen) atoms. The molecule has 0 aromatic heterocycles. The van der Waals surface area contributed by atoms with Crippen LogP contribution in [0.1, 0.15) is 11.1 Å². The molecular weight excluding hydrogens is 501 g/mol. The van der Waals surface area contributed by atoms with Crippen molar-refractivity contribution < 1.29 is 19.0 Å². The van der Waals surface area contributed by atoms with Crippen LogP contribution < -0.4 is 19.1 Å². The van der Waals surface area contributed by atoms with Crippen molar-refractivity contribution in [3.05, 3.63) is 86.7 Å². The molecule has 0 radical (unpaired) electrons. The fraction of sp³-hybridized carbons (Fsp3) is 0.0833. The molecule has 1 fully saturated rings. The number of ether oxygens (including phenoxy) is 3. The van der Waals surface area contributed by atoms with E-state index < -0.39 is 0 Å². The molecule has 0 N–H and O–H groups in total. The minimum Gasteiger partial charge on any atom is -0.488 e. The molecule has 0 aliphatic carbocycles. The summed E-state index contributed by atoms with van der Waals surface area (Å²) in [4.78, 5) is 15.2. The maximum absolute atomic E-state index is 13.2. The molecule has 5 nitrogen and oxygen atoms in total. The summed E-state index contributed by atoms with van der Waals surface area (Å²) in [7, 11) is 0. The highest BCUT2D eigenvalue weighted by atomic mass is 35.5. The summed E-state index contributed by atoms with van der Waals surface area (Å²) in [6.07, 6.45) is 1.74. The van der Waals surface area contributed by atoms with Gasteiger partial charge in [-0.25, -0.2) is 0 Å². The van der Waals surface area contributed by atoms with Crippen molar-refractivity contribution in [1.82, 2.24) is 0 Å². The first-order chi connectivity index (χ1) is 16.0. The molecule has 2 heterocycles. The molecule has 0 spiro atoms. The molecule has 0 saturated carbocycles. The van der Waals surface area contributed by atoms with Gasteiger partial charge in [-0.3, -0.25) is 9.69 Å². The van der Waals surface area contributed by atoms with Crippen LogP contribution >= 0.6 is 47.2 Å². The molecule has 5 rings (SSSR count). The van der Waals surface area contributed by atoms with Crippen LogP contribution in [0.15, 0.2) is 65.6 Å². The molecule has 2 aliphatic heterocycles. The number of benzene rings is 3. The van der Waals surface area contributed by atoms with Crippen molar-refractivity contribution >= 4 is 69.2 Å². The van der Waals surface area contributed by atoms with Crippen LogP contribution in [-0.2, 0) is 11.4 Å². The average Bonchev–Trinajstić information content (AvgIpc) is 3.36. The number of thioether (sulfide) groups is 1. The standard InChI is InChI=1S/C24H15Cl2NO4S2/c25-16-3-1-2-14(8-16)12-29-19-6-4-17(26)9-15(19)10-22-23(28)27(24(32)33-22)18-5-7-20-21(11-18)31-13-30-20/h1-11H,12-13H2/b22-10+.